The van der Waals surface area contributed by atoms with E-state index < -0.39 is 16.6 Å². The molecule has 0 bridgehead atoms. The van der Waals surface area contributed by atoms with Gasteiger partial charge in [0.1, 0.15) is 18.0 Å². The average Bonchev–Trinajstić information content (AvgIpc) is 2.79. The van der Waals surface area contributed by atoms with E-state index in [1.54, 1.807) is 6.20 Å². The molecule has 118 valence electrons. The van der Waals surface area contributed by atoms with Crippen molar-refractivity contribution in [3.05, 3.63) is 22.5 Å². The monoisotopic (exact) mass is 298 g/mol. The van der Waals surface area contributed by atoms with E-state index in [0.717, 1.165) is 19.3 Å². The molecule has 8 nitrogen and oxygen atoms in total. The lowest BCUT2D eigenvalue weighted by molar-refractivity contribution is -0.396. The van der Waals surface area contributed by atoms with Crippen LogP contribution >= 0.6 is 0 Å². The fraction of sp³-hybridized carbons (Fsp3) is 0.692. The van der Waals surface area contributed by atoms with Gasteiger partial charge in [0.25, 0.3) is 0 Å². The molecular weight excluding hydrogens is 276 g/mol. The van der Waals surface area contributed by atoms with Crippen molar-refractivity contribution >= 4 is 12.0 Å². The van der Waals surface area contributed by atoms with Gasteiger partial charge in [-0.25, -0.2) is 9.36 Å². The summed E-state index contributed by atoms with van der Waals surface area (Å²) in [7, 11) is 0. The van der Waals surface area contributed by atoms with Gasteiger partial charge in [-0.3, -0.25) is 0 Å². The van der Waals surface area contributed by atoms with E-state index in [1.807, 2.05) is 20.8 Å². The lowest BCUT2D eigenvalue weighted by atomic mass is 10.2. The molecule has 1 heterocycles. The normalized spacial score (nSPS) is 11.2. The molecule has 0 atom stereocenters. The highest BCUT2D eigenvalue weighted by atomic mass is 16.6. The molecule has 0 aromatic carbocycles. The SMILES string of the molecule is CC(C)(C)OC(=O)NCCCCCn1ccnc1[N+](=O)[O-]. The molecule has 0 aliphatic rings. The number of imidazole rings is 1. The second-order valence-electron chi connectivity index (χ2n) is 5.67. The van der Waals surface area contributed by atoms with E-state index in [2.05, 4.69) is 10.3 Å². The molecule has 0 radical (unpaired) electrons. The lowest BCUT2D eigenvalue weighted by Gasteiger charge is -2.19. The Morgan fingerprint density at radius 3 is 2.76 bits per heavy atom. The van der Waals surface area contributed by atoms with E-state index in [4.69, 9.17) is 4.74 Å². The smallest absolute Gasteiger partial charge is 0.434 e. The summed E-state index contributed by atoms with van der Waals surface area (Å²) >= 11 is 0. The van der Waals surface area contributed by atoms with Gasteiger partial charge in [-0.2, -0.15) is 0 Å². The van der Waals surface area contributed by atoms with Gasteiger partial charge in [-0.1, -0.05) is 4.98 Å². The number of hydrogen-bond donors (Lipinski definition) is 1. The number of amides is 1. The summed E-state index contributed by atoms with van der Waals surface area (Å²) in [5.74, 6) is -0.137. The van der Waals surface area contributed by atoms with Crippen molar-refractivity contribution in [3.63, 3.8) is 0 Å². The molecule has 0 saturated carbocycles. The maximum Gasteiger partial charge on any atom is 0.434 e. The Hall–Kier alpha value is -2.12. The number of carbonyl (C=O) groups excluding carboxylic acids is 1. The molecule has 21 heavy (non-hydrogen) atoms. The number of carbonyl (C=O) groups is 1. The number of aryl methyl sites for hydroxylation is 1. The minimum Gasteiger partial charge on any atom is -0.444 e. The van der Waals surface area contributed by atoms with Gasteiger partial charge in [-0.15, -0.1) is 0 Å². The molecule has 1 N–H and O–H groups in total. The van der Waals surface area contributed by atoms with Gasteiger partial charge < -0.3 is 20.2 Å². The highest BCUT2D eigenvalue weighted by molar-refractivity contribution is 5.67. The third-order valence-electron chi connectivity index (χ3n) is 2.60. The molecule has 0 spiro atoms. The van der Waals surface area contributed by atoms with Crippen LogP contribution in [0.25, 0.3) is 0 Å². The quantitative estimate of drug-likeness (QED) is 0.473. The van der Waals surface area contributed by atoms with Gasteiger partial charge in [0.2, 0.25) is 0 Å². The van der Waals surface area contributed by atoms with E-state index in [9.17, 15) is 14.9 Å². The largest absolute Gasteiger partial charge is 0.444 e. The number of rotatable bonds is 7. The summed E-state index contributed by atoms with van der Waals surface area (Å²) in [6.45, 7) is 6.50. The number of nitro groups is 1. The molecule has 0 aliphatic heterocycles. The first-order valence-electron chi connectivity index (χ1n) is 6.92. The van der Waals surface area contributed by atoms with Crippen LogP contribution in [0.3, 0.4) is 0 Å². The van der Waals surface area contributed by atoms with Crippen molar-refractivity contribution in [3.8, 4) is 0 Å². The van der Waals surface area contributed by atoms with Crippen molar-refractivity contribution in [1.82, 2.24) is 14.9 Å². The van der Waals surface area contributed by atoms with Gasteiger partial charge >= 0.3 is 12.0 Å². The molecule has 8 heteroatoms. The van der Waals surface area contributed by atoms with Crippen molar-refractivity contribution in [1.29, 1.82) is 0 Å². The van der Waals surface area contributed by atoms with Crippen LogP contribution in [0.2, 0.25) is 0 Å². The third-order valence-corrected chi connectivity index (χ3v) is 2.60. The summed E-state index contributed by atoms with van der Waals surface area (Å²) in [5.41, 5.74) is -0.496. The van der Waals surface area contributed by atoms with Crippen LogP contribution in [-0.4, -0.2) is 32.7 Å². The number of unbranched alkanes of at least 4 members (excludes halogenated alkanes) is 2. The number of hydrogen-bond acceptors (Lipinski definition) is 5. The Morgan fingerprint density at radius 2 is 2.14 bits per heavy atom. The van der Waals surface area contributed by atoms with E-state index >= 15 is 0 Å². The zero-order valence-corrected chi connectivity index (χ0v) is 12.7. The molecule has 0 aliphatic carbocycles. The van der Waals surface area contributed by atoms with Crippen LogP contribution in [0.5, 0.6) is 0 Å². The lowest BCUT2D eigenvalue weighted by Crippen LogP contribution is -2.33. The number of ether oxygens (including phenoxy) is 1. The van der Waals surface area contributed by atoms with Gasteiger partial charge in [0.05, 0.1) is 6.54 Å². The van der Waals surface area contributed by atoms with Gasteiger partial charge in [0, 0.05) is 6.54 Å². The average molecular weight is 298 g/mol. The van der Waals surface area contributed by atoms with Crippen molar-refractivity contribution in [2.75, 3.05) is 6.54 Å². The second-order valence-corrected chi connectivity index (χ2v) is 5.67. The van der Waals surface area contributed by atoms with E-state index in [1.165, 1.54) is 10.8 Å². The highest BCUT2D eigenvalue weighted by Crippen LogP contribution is 2.09. The first-order chi connectivity index (χ1) is 9.79. The zero-order chi connectivity index (χ0) is 15.9. The Bertz CT molecular complexity index is 479. The van der Waals surface area contributed by atoms with Crippen LogP contribution in [0, 0.1) is 10.1 Å². The van der Waals surface area contributed by atoms with Crippen LogP contribution in [-0.2, 0) is 11.3 Å². The molecular formula is C13H22N4O4. The fourth-order valence-electron chi connectivity index (χ4n) is 1.74. The van der Waals surface area contributed by atoms with Gasteiger partial charge in [-0.05, 0) is 45.0 Å². The highest BCUT2D eigenvalue weighted by Gasteiger charge is 2.15. The molecule has 0 fully saturated rings. The minimum absolute atomic E-state index is 0.137. The number of alkyl carbamates (subject to hydrolysis) is 1. The maximum absolute atomic E-state index is 11.4. The molecule has 1 aromatic heterocycles. The minimum atomic E-state index is -0.496. The van der Waals surface area contributed by atoms with Crippen molar-refractivity contribution in [2.24, 2.45) is 0 Å². The van der Waals surface area contributed by atoms with Crippen LogP contribution in [0.15, 0.2) is 12.4 Å². The predicted octanol–water partition coefficient (Wildman–Crippen LogP) is 2.49. The van der Waals surface area contributed by atoms with E-state index in [-0.39, 0.29) is 5.95 Å². The topological polar surface area (TPSA) is 99.3 Å². The van der Waals surface area contributed by atoms with Crippen LogP contribution < -0.4 is 5.32 Å². The molecule has 1 rings (SSSR count). The predicted molar refractivity (Wildman–Crippen MR) is 77.0 cm³/mol. The summed E-state index contributed by atoms with van der Waals surface area (Å²) in [6.07, 6.45) is 5.02. The molecule has 0 saturated heterocycles. The Kier molecular flexibility index (Phi) is 6.13. The second kappa shape index (κ2) is 7.61. The van der Waals surface area contributed by atoms with Crippen molar-refractivity contribution < 1.29 is 14.5 Å². The number of nitrogens with zero attached hydrogens (tertiary/aromatic N) is 3. The van der Waals surface area contributed by atoms with Crippen molar-refractivity contribution in [2.45, 2.75) is 52.2 Å². The maximum atomic E-state index is 11.4. The van der Waals surface area contributed by atoms with Crippen LogP contribution in [0.4, 0.5) is 10.7 Å². The molecule has 1 amide bonds. The summed E-state index contributed by atoms with van der Waals surface area (Å²) in [6, 6.07) is 0. The van der Waals surface area contributed by atoms with Crippen LogP contribution in [0.1, 0.15) is 40.0 Å². The summed E-state index contributed by atoms with van der Waals surface area (Å²) < 4.78 is 6.62. The standard InChI is InChI=1S/C13H22N4O4/c1-13(2,3)21-12(18)15-7-5-4-6-9-16-10-8-14-11(16)17(19)20/h8,10H,4-7,9H2,1-3H3,(H,15,18). The Morgan fingerprint density at radius 1 is 1.43 bits per heavy atom. The third kappa shape index (κ3) is 6.73. The van der Waals surface area contributed by atoms with Gasteiger partial charge in [0.15, 0.2) is 0 Å². The fourth-order valence-corrected chi connectivity index (χ4v) is 1.74. The Balaban J connectivity index is 2.14. The summed E-state index contributed by atoms with van der Waals surface area (Å²) in [4.78, 5) is 25.2. The molecule has 1 aromatic rings. The summed E-state index contributed by atoms with van der Waals surface area (Å²) in [5, 5.41) is 13.3. The number of aromatic nitrogens is 2. The van der Waals surface area contributed by atoms with E-state index in [0.29, 0.717) is 13.1 Å². The first-order valence-corrected chi connectivity index (χ1v) is 6.92. The molecule has 0 unspecified atom stereocenters. The Labute approximate surface area is 123 Å². The first kappa shape index (κ1) is 16.9. The number of nitrogens with one attached hydrogen (secondary N) is 1. The zero-order valence-electron chi connectivity index (χ0n) is 12.7.